The van der Waals surface area contributed by atoms with Gasteiger partial charge in [-0.15, -0.1) is 11.3 Å². The van der Waals surface area contributed by atoms with E-state index in [1.807, 2.05) is 0 Å². The van der Waals surface area contributed by atoms with Crippen LogP contribution in [-0.2, 0) is 34.2 Å². The minimum atomic E-state index is -3.99. The molecular weight excluding hydrogens is 418 g/mol. The molecule has 0 saturated heterocycles. The van der Waals surface area contributed by atoms with Crippen LogP contribution in [0.1, 0.15) is 12.8 Å². The number of rotatable bonds is 7. The smallest absolute Gasteiger partial charge is 0.311 e. The van der Waals surface area contributed by atoms with Crippen LogP contribution in [0.4, 0.5) is 0 Å². The first kappa shape index (κ1) is 21.0. The van der Waals surface area contributed by atoms with E-state index in [4.69, 9.17) is 9.88 Å². The van der Waals surface area contributed by atoms with Crippen molar-refractivity contribution >= 4 is 43.1 Å². The first-order chi connectivity index (χ1) is 12.5. The summed E-state index contributed by atoms with van der Waals surface area (Å²) in [5, 5.41) is 4.98. The van der Waals surface area contributed by atoms with Gasteiger partial charge in [0.1, 0.15) is 14.2 Å². The summed E-state index contributed by atoms with van der Waals surface area (Å²) < 4.78 is 56.6. The molecule has 0 radical (unpaired) electrons. The molecule has 1 aromatic carbocycles. The number of methoxy groups -OCH3 is 1. The summed E-state index contributed by atoms with van der Waals surface area (Å²) in [7, 11) is -6.75. The van der Waals surface area contributed by atoms with Crippen LogP contribution in [0.5, 0.6) is 5.75 Å². The molecule has 12 heteroatoms. The van der Waals surface area contributed by atoms with Gasteiger partial charge in [-0.05, 0) is 36.4 Å². The zero-order chi connectivity index (χ0) is 20.2. The normalized spacial score (nSPS) is 11.8. The Morgan fingerprint density at radius 2 is 1.48 bits per heavy atom. The SMILES string of the molecule is COC(=O)CCC(=O)Oc1ccc(S(=O)(=O)c2ccc(S(N)(=O)=O)s2)cc1. The zero-order valence-electron chi connectivity index (χ0n) is 13.9. The van der Waals surface area contributed by atoms with Crippen molar-refractivity contribution < 1.29 is 35.9 Å². The predicted molar refractivity (Wildman–Crippen MR) is 94.5 cm³/mol. The molecule has 0 aliphatic heterocycles. The second kappa shape index (κ2) is 8.17. The number of hydrogen-bond acceptors (Lipinski definition) is 9. The third kappa shape index (κ3) is 5.35. The van der Waals surface area contributed by atoms with Crippen molar-refractivity contribution in [3.63, 3.8) is 0 Å². The Labute approximate surface area is 159 Å². The molecule has 0 aliphatic rings. The Morgan fingerprint density at radius 3 is 2.00 bits per heavy atom. The lowest BCUT2D eigenvalue weighted by atomic mass is 10.3. The Morgan fingerprint density at radius 1 is 0.926 bits per heavy atom. The van der Waals surface area contributed by atoms with Gasteiger partial charge >= 0.3 is 11.9 Å². The molecule has 0 amide bonds. The highest BCUT2D eigenvalue weighted by atomic mass is 32.3. The number of sulfone groups is 1. The fraction of sp³-hybridized carbons (Fsp3) is 0.200. The fourth-order valence-corrected chi connectivity index (χ4v) is 5.48. The molecule has 2 N–H and O–H groups in total. The highest BCUT2D eigenvalue weighted by molar-refractivity contribution is 7.95. The monoisotopic (exact) mass is 433 g/mol. The molecule has 0 unspecified atom stereocenters. The number of thiophene rings is 1. The van der Waals surface area contributed by atoms with E-state index in [9.17, 15) is 26.4 Å². The molecule has 0 bridgehead atoms. The summed E-state index contributed by atoms with van der Waals surface area (Å²) in [5.74, 6) is -1.13. The van der Waals surface area contributed by atoms with Crippen molar-refractivity contribution in [1.29, 1.82) is 0 Å². The van der Waals surface area contributed by atoms with Gasteiger partial charge in [-0.25, -0.2) is 22.0 Å². The number of esters is 2. The van der Waals surface area contributed by atoms with Gasteiger partial charge in [-0.3, -0.25) is 9.59 Å². The Bertz CT molecular complexity index is 1050. The second-order valence-corrected chi connectivity index (χ2v) is 10.2. The van der Waals surface area contributed by atoms with Gasteiger partial charge in [0.15, 0.2) is 0 Å². The van der Waals surface area contributed by atoms with E-state index in [0.717, 1.165) is 12.1 Å². The third-order valence-electron chi connectivity index (χ3n) is 3.23. The van der Waals surface area contributed by atoms with Crippen LogP contribution in [0, 0.1) is 0 Å². The summed E-state index contributed by atoms with van der Waals surface area (Å²) in [6.45, 7) is 0. The molecule has 0 spiro atoms. The molecule has 27 heavy (non-hydrogen) atoms. The number of sulfonamides is 1. The minimum Gasteiger partial charge on any atom is -0.469 e. The summed E-state index contributed by atoms with van der Waals surface area (Å²) in [4.78, 5) is 22.5. The minimum absolute atomic E-state index is 0.0974. The zero-order valence-corrected chi connectivity index (χ0v) is 16.4. The molecule has 0 aliphatic carbocycles. The van der Waals surface area contributed by atoms with Gasteiger partial charge in [0.25, 0.3) is 0 Å². The maximum Gasteiger partial charge on any atom is 0.311 e. The average molecular weight is 433 g/mol. The van der Waals surface area contributed by atoms with E-state index in [2.05, 4.69) is 4.74 Å². The van der Waals surface area contributed by atoms with Gasteiger partial charge in [-0.2, -0.15) is 0 Å². The number of carbonyl (C=O) groups is 2. The Balaban J connectivity index is 2.13. The van der Waals surface area contributed by atoms with Crippen LogP contribution >= 0.6 is 11.3 Å². The van der Waals surface area contributed by atoms with Crippen molar-refractivity contribution in [1.82, 2.24) is 0 Å². The molecule has 146 valence electrons. The molecule has 0 saturated carbocycles. The van der Waals surface area contributed by atoms with Crippen LogP contribution in [-0.4, -0.2) is 35.9 Å². The number of benzene rings is 1. The Hall–Kier alpha value is -2.28. The Kier molecular flexibility index (Phi) is 6.36. The van der Waals surface area contributed by atoms with Gasteiger partial charge in [0.05, 0.1) is 24.8 Å². The third-order valence-corrected chi connectivity index (χ3v) is 8.01. The average Bonchev–Trinajstić information content (AvgIpc) is 3.11. The van der Waals surface area contributed by atoms with Crippen LogP contribution in [0.15, 0.2) is 49.7 Å². The molecule has 2 rings (SSSR count). The van der Waals surface area contributed by atoms with E-state index < -0.39 is 31.8 Å². The summed E-state index contributed by atoms with van der Waals surface area (Å²) in [6.07, 6.45) is -0.315. The van der Waals surface area contributed by atoms with E-state index >= 15 is 0 Å². The van der Waals surface area contributed by atoms with Gasteiger partial charge in [0.2, 0.25) is 19.9 Å². The van der Waals surface area contributed by atoms with Crippen molar-refractivity contribution in [3.8, 4) is 5.75 Å². The first-order valence-electron chi connectivity index (χ1n) is 7.29. The molecule has 0 fully saturated rings. The van der Waals surface area contributed by atoms with Gasteiger partial charge < -0.3 is 9.47 Å². The predicted octanol–water partition coefficient (Wildman–Crippen LogP) is 1.09. The summed E-state index contributed by atoms with van der Waals surface area (Å²) in [5.41, 5.74) is 0. The first-order valence-corrected chi connectivity index (χ1v) is 11.1. The van der Waals surface area contributed by atoms with E-state index in [1.165, 1.54) is 31.4 Å². The fourth-order valence-electron chi connectivity index (χ4n) is 1.89. The maximum absolute atomic E-state index is 12.5. The van der Waals surface area contributed by atoms with E-state index in [0.29, 0.717) is 11.3 Å². The molecule has 9 nitrogen and oxygen atoms in total. The number of hydrogen-bond donors (Lipinski definition) is 1. The largest absolute Gasteiger partial charge is 0.469 e. The molecule has 1 heterocycles. The van der Waals surface area contributed by atoms with Crippen LogP contribution in [0.2, 0.25) is 0 Å². The molecule has 0 atom stereocenters. The number of ether oxygens (including phenoxy) is 2. The summed E-state index contributed by atoms with van der Waals surface area (Å²) in [6, 6.07) is 7.25. The van der Waals surface area contributed by atoms with Crippen LogP contribution < -0.4 is 9.88 Å². The van der Waals surface area contributed by atoms with E-state index in [1.54, 1.807) is 0 Å². The van der Waals surface area contributed by atoms with Gasteiger partial charge in [-0.1, -0.05) is 0 Å². The number of carbonyl (C=O) groups excluding carboxylic acids is 2. The maximum atomic E-state index is 12.5. The highest BCUT2D eigenvalue weighted by Crippen LogP contribution is 2.30. The van der Waals surface area contributed by atoms with Crippen molar-refractivity contribution in [2.75, 3.05) is 7.11 Å². The standard InChI is InChI=1S/C15H15NO8S3/c1-23-12(17)6-7-13(18)24-10-2-4-11(5-3-10)26(19,20)14-8-9-15(25-14)27(16,21)22/h2-5,8-9H,6-7H2,1H3,(H2,16,21,22). The summed E-state index contributed by atoms with van der Waals surface area (Å²) >= 11 is 0.538. The molecule has 1 aromatic heterocycles. The van der Waals surface area contributed by atoms with Gasteiger partial charge in [0, 0.05) is 0 Å². The number of primary sulfonamides is 1. The van der Waals surface area contributed by atoms with E-state index in [-0.39, 0.29) is 31.9 Å². The van der Waals surface area contributed by atoms with Crippen molar-refractivity contribution in [2.45, 2.75) is 26.2 Å². The molecule has 2 aromatic rings. The second-order valence-electron chi connectivity index (χ2n) is 5.14. The van der Waals surface area contributed by atoms with Crippen molar-refractivity contribution in [2.24, 2.45) is 5.14 Å². The highest BCUT2D eigenvalue weighted by Gasteiger charge is 2.23. The number of nitrogens with two attached hydrogens (primary N) is 1. The lowest BCUT2D eigenvalue weighted by Crippen LogP contribution is -2.11. The van der Waals surface area contributed by atoms with Crippen LogP contribution in [0.25, 0.3) is 0 Å². The quantitative estimate of drug-likeness (QED) is 0.504. The lowest BCUT2D eigenvalue weighted by Gasteiger charge is -2.06. The lowest BCUT2D eigenvalue weighted by molar-refractivity contribution is -0.144. The van der Waals surface area contributed by atoms with Crippen molar-refractivity contribution in [3.05, 3.63) is 36.4 Å². The molecular formula is C15H15NO8S3. The topological polar surface area (TPSA) is 147 Å². The van der Waals surface area contributed by atoms with Crippen LogP contribution in [0.3, 0.4) is 0 Å².